The molecule has 0 amide bonds. The van der Waals surface area contributed by atoms with Crippen molar-refractivity contribution in [1.82, 2.24) is 19.8 Å². The number of rotatable bonds is 6. The lowest BCUT2D eigenvalue weighted by atomic mass is 10.2. The molecule has 0 aliphatic carbocycles. The Morgan fingerprint density at radius 1 is 0.938 bits per heavy atom. The Bertz CT molecular complexity index is 1510. The molecule has 0 radical (unpaired) electrons. The Morgan fingerprint density at radius 2 is 1.66 bits per heavy atom. The fraction of sp³-hybridized carbons (Fsp3) is 0.0870. The smallest absolute Gasteiger partial charge is 0.229 e. The van der Waals surface area contributed by atoms with E-state index < -0.39 is 9.84 Å². The number of nitrogens with zero attached hydrogens (tertiary/aromatic N) is 4. The second kappa shape index (κ2) is 7.93. The molecule has 2 aromatic heterocycles. The second-order valence-electron chi connectivity index (χ2n) is 7.01. The highest BCUT2D eigenvalue weighted by atomic mass is 32.2. The number of ether oxygens (including phenoxy) is 1. The van der Waals surface area contributed by atoms with Crippen LogP contribution in [0.1, 0.15) is 6.92 Å². The zero-order valence-electron chi connectivity index (χ0n) is 17.1. The SMILES string of the molecule is CCOc1ccc(Nc2nc3c(S(=O)(=O)c4ccccc4)nnn3c3ccccc23)cc1. The van der Waals surface area contributed by atoms with Gasteiger partial charge in [-0.05, 0) is 55.5 Å². The molecule has 0 aliphatic heterocycles. The van der Waals surface area contributed by atoms with E-state index in [0.29, 0.717) is 17.9 Å². The summed E-state index contributed by atoms with van der Waals surface area (Å²) in [6, 6.07) is 23.1. The maximum Gasteiger partial charge on any atom is 0.229 e. The van der Waals surface area contributed by atoms with Crippen molar-refractivity contribution in [2.45, 2.75) is 16.8 Å². The fourth-order valence-corrected chi connectivity index (χ4v) is 4.72. The number of fused-ring (bicyclic) bond motifs is 3. The van der Waals surface area contributed by atoms with E-state index in [1.54, 1.807) is 18.2 Å². The van der Waals surface area contributed by atoms with Gasteiger partial charge in [0.25, 0.3) is 0 Å². The first-order valence-corrected chi connectivity index (χ1v) is 11.5. The van der Waals surface area contributed by atoms with Gasteiger partial charge in [0, 0.05) is 11.1 Å². The van der Waals surface area contributed by atoms with Crippen LogP contribution in [-0.4, -0.2) is 34.8 Å². The first kappa shape index (κ1) is 20.0. The molecule has 0 bridgehead atoms. The summed E-state index contributed by atoms with van der Waals surface area (Å²) in [5.41, 5.74) is 1.63. The Labute approximate surface area is 184 Å². The molecule has 0 aliphatic rings. The minimum atomic E-state index is -3.89. The third kappa shape index (κ3) is 3.42. The second-order valence-corrected chi connectivity index (χ2v) is 8.87. The molecule has 0 atom stereocenters. The van der Waals surface area contributed by atoms with Gasteiger partial charge in [-0.2, -0.15) is 4.52 Å². The zero-order valence-corrected chi connectivity index (χ0v) is 18.0. The van der Waals surface area contributed by atoms with Crippen molar-refractivity contribution in [1.29, 1.82) is 0 Å². The zero-order chi connectivity index (χ0) is 22.1. The van der Waals surface area contributed by atoms with Crippen LogP contribution in [0.3, 0.4) is 0 Å². The lowest BCUT2D eigenvalue weighted by molar-refractivity contribution is 0.340. The third-order valence-corrected chi connectivity index (χ3v) is 6.62. The van der Waals surface area contributed by atoms with Crippen LogP contribution in [0.15, 0.2) is 88.8 Å². The standard InChI is InChI=1S/C23H19N5O3S/c1-2-31-17-14-12-16(13-15-17)24-21-19-10-6-7-11-20(19)28-22(25-21)23(26-27-28)32(29,30)18-8-4-3-5-9-18/h3-15H,2H2,1H3,(H,24,25). The quantitative estimate of drug-likeness (QED) is 0.417. The number of hydrogen-bond donors (Lipinski definition) is 1. The van der Waals surface area contributed by atoms with Crippen molar-refractivity contribution in [2.24, 2.45) is 0 Å². The molecule has 0 fully saturated rings. The van der Waals surface area contributed by atoms with Gasteiger partial charge in [-0.3, -0.25) is 0 Å². The first-order valence-electron chi connectivity index (χ1n) is 10.0. The Kier molecular flexibility index (Phi) is 4.95. The van der Waals surface area contributed by atoms with E-state index >= 15 is 0 Å². The molecule has 0 spiro atoms. The van der Waals surface area contributed by atoms with E-state index in [-0.39, 0.29) is 15.6 Å². The van der Waals surface area contributed by atoms with Gasteiger partial charge in [0.15, 0.2) is 5.65 Å². The number of nitrogens with one attached hydrogen (secondary N) is 1. The highest BCUT2D eigenvalue weighted by Gasteiger charge is 2.27. The van der Waals surface area contributed by atoms with Crippen molar-refractivity contribution in [3.63, 3.8) is 0 Å². The van der Waals surface area contributed by atoms with Gasteiger partial charge in [-0.1, -0.05) is 35.5 Å². The lowest BCUT2D eigenvalue weighted by Gasteiger charge is -2.11. The van der Waals surface area contributed by atoms with Crippen LogP contribution in [0.5, 0.6) is 5.75 Å². The number of hydrogen-bond acceptors (Lipinski definition) is 7. The van der Waals surface area contributed by atoms with Crippen LogP contribution in [0, 0.1) is 0 Å². The highest BCUT2D eigenvalue weighted by Crippen LogP contribution is 2.30. The van der Waals surface area contributed by atoms with Crippen molar-refractivity contribution in [3.8, 4) is 5.75 Å². The first-order chi connectivity index (χ1) is 15.6. The average molecular weight is 446 g/mol. The topological polar surface area (TPSA) is 98.5 Å². The summed E-state index contributed by atoms with van der Waals surface area (Å²) >= 11 is 0. The molecule has 5 rings (SSSR count). The van der Waals surface area contributed by atoms with Gasteiger partial charge in [0.05, 0.1) is 17.0 Å². The van der Waals surface area contributed by atoms with Crippen LogP contribution < -0.4 is 10.1 Å². The molecule has 160 valence electrons. The van der Waals surface area contributed by atoms with E-state index in [4.69, 9.17) is 4.74 Å². The van der Waals surface area contributed by atoms with Crippen LogP contribution >= 0.6 is 0 Å². The summed E-state index contributed by atoms with van der Waals surface area (Å²) in [5, 5.41) is 12.0. The number of para-hydroxylation sites is 1. The van der Waals surface area contributed by atoms with Crippen molar-refractivity contribution >= 4 is 37.9 Å². The van der Waals surface area contributed by atoms with Crippen molar-refractivity contribution in [2.75, 3.05) is 11.9 Å². The molecule has 9 heteroatoms. The maximum absolute atomic E-state index is 13.2. The maximum atomic E-state index is 13.2. The van der Waals surface area contributed by atoms with Crippen molar-refractivity contribution < 1.29 is 13.2 Å². The number of aromatic nitrogens is 4. The predicted octanol–water partition coefficient (Wildman–Crippen LogP) is 4.25. The Hall–Kier alpha value is -3.98. The monoisotopic (exact) mass is 445 g/mol. The summed E-state index contributed by atoms with van der Waals surface area (Å²) in [6.07, 6.45) is 0. The molecule has 8 nitrogen and oxygen atoms in total. The van der Waals surface area contributed by atoms with Crippen LogP contribution in [0.4, 0.5) is 11.5 Å². The number of sulfone groups is 1. The number of benzene rings is 3. The highest BCUT2D eigenvalue weighted by molar-refractivity contribution is 7.91. The largest absolute Gasteiger partial charge is 0.494 e. The van der Waals surface area contributed by atoms with Gasteiger partial charge in [0.1, 0.15) is 11.6 Å². The summed E-state index contributed by atoms with van der Waals surface area (Å²) < 4.78 is 33.4. The fourth-order valence-electron chi connectivity index (χ4n) is 3.46. The van der Waals surface area contributed by atoms with E-state index in [0.717, 1.165) is 16.8 Å². The summed E-state index contributed by atoms with van der Waals surface area (Å²) in [5.74, 6) is 1.27. The van der Waals surface area contributed by atoms with E-state index in [1.165, 1.54) is 16.6 Å². The summed E-state index contributed by atoms with van der Waals surface area (Å²) in [7, 11) is -3.89. The van der Waals surface area contributed by atoms with E-state index in [1.807, 2.05) is 55.5 Å². The molecular formula is C23H19N5O3S. The van der Waals surface area contributed by atoms with E-state index in [9.17, 15) is 8.42 Å². The normalized spacial score (nSPS) is 11.7. The van der Waals surface area contributed by atoms with Crippen LogP contribution in [0.25, 0.3) is 16.6 Å². The lowest BCUT2D eigenvalue weighted by Crippen LogP contribution is -2.05. The molecular weight excluding hydrogens is 426 g/mol. The third-order valence-electron chi connectivity index (χ3n) is 4.96. The van der Waals surface area contributed by atoms with Gasteiger partial charge in [0.2, 0.25) is 14.9 Å². The molecule has 5 aromatic rings. The van der Waals surface area contributed by atoms with Crippen LogP contribution in [0.2, 0.25) is 0 Å². The molecule has 3 aromatic carbocycles. The molecule has 2 heterocycles. The van der Waals surface area contributed by atoms with Crippen LogP contribution in [-0.2, 0) is 9.84 Å². The predicted molar refractivity (Wildman–Crippen MR) is 121 cm³/mol. The van der Waals surface area contributed by atoms with Gasteiger partial charge in [-0.25, -0.2) is 13.4 Å². The molecule has 1 N–H and O–H groups in total. The summed E-state index contributed by atoms with van der Waals surface area (Å²) in [6.45, 7) is 2.51. The van der Waals surface area contributed by atoms with E-state index in [2.05, 4.69) is 20.6 Å². The van der Waals surface area contributed by atoms with Gasteiger partial charge in [-0.15, -0.1) is 5.10 Å². The average Bonchev–Trinajstić information content (AvgIpc) is 3.26. The molecule has 0 unspecified atom stereocenters. The minimum Gasteiger partial charge on any atom is -0.494 e. The van der Waals surface area contributed by atoms with Gasteiger partial charge >= 0.3 is 0 Å². The minimum absolute atomic E-state index is 0.137. The molecule has 0 saturated carbocycles. The van der Waals surface area contributed by atoms with Crippen molar-refractivity contribution in [3.05, 3.63) is 78.9 Å². The summed E-state index contributed by atoms with van der Waals surface area (Å²) in [4.78, 5) is 4.76. The Morgan fingerprint density at radius 3 is 2.41 bits per heavy atom. The molecule has 32 heavy (non-hydrogen) atoms. The molecule has 0 saturated heterocycles. The number of anilines is 2. The van der Waals surface area contributed by atoms with Gasteiger partial charge < -0.3 is 10.1 Å². The Balaban J connectivity index is 1.67.